The Morgan fingerprint density at radius 2 is 1.37 bits per heavy atom. The highest BCUT2D eigenvalue weighted by Gasteiger charge is 2.06. The van der Waals surface area contributed by atoms with E-state index in [0.29, 0.717) is 0 Å². The van der Waals surface area contributed by atoms with Gasteiger partial charge in [0.2, 0.25) is 0 Å². The van der Waals surface area contributed by atoms with Gasteiger partial charge in [0.05, 0.1) is 5.69 Å². The normalized spacial score (nSPS) is 11.5. The van der Waals surface area contributed by atoms with Gasteiger partial charge in [-0.2, -0.15) is 4.99 Å². The minimum atomic E-state index is -0.0101. The lowest BCUT2D eigenvalue weighted by atomic mass is 10.1. The van der Waals surface area contributed by atoms with Gasteiger partial charge in [-0.1, -0.05) is 72.8 Å². The lowest BCUT2D eigenvalue weighted by Gasteiger charge is -2.11. The lowest BCUT2D eigenvalue weighted by molar-refractivity contribution is 0.549. The Balaban J connectivity index is 1.54. The Labute approximate surface area is 162 Å². The molecule has 4 aromatic rings. The fourth-order valence-corrected chi connectivity index (χ4v) is 3.21. The molecule has 0 aliphatic heterocycles. The Bertz CT molecular complexity index is 1160. The molecule has 0 aliphatic rings. The van der Waals surface area contributed by atoms with Gasteiger partial charge in [0, 0.05) is 16.5 Å². The molecule has 0 bridgehead atoms. The van der Waals surface area contributed by atoms with E-state index in [-0.39, 0.29) is 11.2 Å². The first-order valence-electron chi connectivity index (χ1n) is 8.49. The van der Waals surface area contributed by atoms with Crippen molar-refractivity contribution in [2.45, 2.75) is 0 Å². The number of nitrogens with zero attached hydrogens (tertiary/aromatic N) is 1. The van der Waals surface area contributed by atoms with Crippen LogP contribution in [0, 0.1) is 0 Å². The molecule has 27 heavy (non-hydrogen) atoms. The maximum atomic E-state index is 5.96. The zero-order valence-electron chi connectivity index (χ0n) is 14.4. The second-order valence-corrected chi connectivity index (χ2v) is 6.36. The van der Waals surface area contributed by atoms with Crippen LogP contribution in [0.25, 0.3) is 21.5 Å². The maximum Gasteiger partial charge on any atom is 0.294 e. The molecule has 0 amide bonds. The van der Waals surface area contributed by atoms with Crippen LogP contribution in [0.5, 0.6) is 0 Å². The van der Waals surface area contributed by atoms with Crippen molar-refractivity contribution in [2.24, 2.45) is 10.7 Å². The first-order chi connectivity index (χ1) is 13.2. The molecule has 132 valence electrons. The second kappa shape index (κ2) is 7.43. The van der Waals surface area contributed by atoms with Crippen LogP contribution in [0.3, 0.4) is 0 Å². The predicted octanol–water partition coefficient (Wildman–Crippen LogP) is 5.35. The number of fused-ring (bicyclic) bond motifs is 2. The topological polar surface area (TPSA) is 59.6 Å². The molecule has 0 saturated heterocycles. The highest BCUT2D eigenvalue weighted by atomic mass is 32.1. The highest BCUT2D eigenvalue weighted by Crippen LogP contribution is 2.26. The van der Waals surface area contributed by atoms with E-state index in [1.165, 1.54) is 0 Å². The van der Waals surface area contributed by atoms with Crippen molar-refractivity contribution < 1.29 is 4.74 Å². The van der Waals surface area contributed by atoms with Crippen LogP contribution in [-0.4, -0.2) is 11.2 Å². The van der Waals surface area contributed by atoms with Gasteiger partial charge in [0.25, 0.3) is 11.2 Å². The van der Waals surface area contributed by atoms with Gasteiger partial charge >= 0.3 is 0 Å². The van der Waals surface area contributed by atoms with E-state index in [1.807, 2.05) is 84.9 Å². The second-order valence-electron chi connectivity index (χ2n) is 5.99. The Morgan fingerprint density at radius 3 is 2.15 bits per heavy atom. The van der Waals surface area contributed by atoms with Crippen LogP contribution < -0.4 is 11.1 Å². The number of nitrogens with two attached hydrogens (primary N) is 1. The van der Waals surface area contributed by atoms with E-state index in [0.717, 1.165) is 32.9 Å². The largest absolute Gasteiger partial charge is 0.398 e. The van der Waals surface area contributed by atoms with Crippen molar-refractivity contribution in [1.82, 2.24) is 0 Å². The molecule has 0 spiro atoms. The summed E-state index contributed by atoms with van der Waals surface area (Å²) in [5, 5.41) is 7.48. The summed E-state index contributed by atoms with van der Waals surface area (Å²) in [7, 11) is 0. The molecule has 0 aliphatic carbocycles. The smallest absolute Gasteiger partial charge is 0.294 e. The SMILES string of the molecule is NC(=Nc1cccc2ccccc12)OC(=S)Nc1cccc2ccccc12. The summed E-state index contributed by atoms with van der Waals surface area (Å²) in [6, 6.07) is 27.8. The quantitative estimate of drug-likeness (QED) is 0.283. The van der Waals surface area contributed by atoms with Crippen LogP contribution in [0.15, 0.2) is 89.9 Å². The van der Waals surface area contributed by atoms with Crippen molar-refractivity contribution in [3.05, 3.63) is 84.9 Å². The number of rotatable bonds is 2. The summed E-state index contributed by atoms with van der Waals surface area (Å²) in [5.41, 5.74) is 7.56. The van der Waals surface area contributed by atoms with Gasteiger partial charge < -0.3 is 15.8 Å². The minimum absolute atomic E-state index is 0.0101. The van der Waals surface area contributed by atoms with Crippen LogP contribution in [0.4, 0.5) is 11.4 Å². The lowest BCUT2D eigenvalue weighted by Crippen LogP contribution is -2.24. The predicted molar refractivity (Wildman–Crippen MR) is 116 cm³/mol. The van der Waals surface area contributed by atoms with E-state index in [1.54, 1.807) is 0 Å². The number of benzene rings is 4. The molecule has 0 atom stereocenters. The van der Waals surface area contributed by atoms with E-state index < -0.39 is 0 Å². The molecule has 0 saturated carbocycles. The Hall–Kier alpha value is -3.44. The van der Waals surface area contributed by atoms with Gasteiger partial charge in [-0.15, -0.1) is 0 Å². The average Bonchev–Trinajstić information content (AvgIpc) is 2.68. The monoisotopic (exact) mass is 371 g/mol. The zero-order valence-corrected chi connectivity index (χ0v) is 15.2. The number of hydrogen-bond acceptors (Lipinski definition) is 3. The number of thiocarbonyl (C=S) groups is 1. The zero-order chi connectivity index (χ0) is 18.6. The summed E-state index contributed by atoms with van der Waals surface area (Å²) < 4.78 is 5.50. The first kappa shape index (κ1) is 17.0. The number of aliphatic imine (C=N–C) groups is 1. The van der Waals surface area contributed by atoms with Crippen molar-refractivity contribution in [3.8, 4) is 0 Å². The van der Waals surface area contributed by atoms with Crippen LogP contribution in [0.2, 0.25) is 0 Å². The number of hydrogen-bond donors (Lipinski definition) is 2. The van der Waals surface area contributed by atoms with Crippen molar-refractivity contribution in [2.75, 3.05) is 5.32 Å². The van der Waals surface area contributed by atoms with E-state index in [9.17, 15) is 0 Å². The fraction of sp³-hybridized carbons (Fsp3) is 0. The fourth-order valence-electron chi connectivity index (χ4n) is 3.01. The Morgan fingerprint density at radius 1 is 0.778 bits per heavy atom. The van der Waals surface area contributed by atoms with Crippen LogP contribution in [-0.2, 0) is 4.74 Å². The molecule has 4 aromatic carbocycles. The van der Waals surface area contributed by atoms with Crippen LogP contribution in [0.1, 0.15) is 0 Å². The molecular formula is C22H17N3OS. The summed E-state index contributed by atoms with van der Waals surface area (Å²) in [6.07, 6.45) is 0. The molecular weight excluding hydrogens is 354 g/mol. The maximum absolute atomic E-state index is 5.96. The van der Waals surface area contributed by atoms with Gasteiger partial charge in [-0.05, 0) is 35.1 Å². The third kappa shape index (κ3) is 3.73. The summed E-state index contributed by atoms with van der Waals surface area (Å²) in [5.74, 6) is 0. The molecule has 4 rings (SSSR count). The minimum Gasteiger partial charge on any atom is -0.398 e. The Kier molecular flexibility index (Phi) is 4.68. The first-order valence-corrected chi connectivity index (χ1v) is 8.90. The molecule has 5 heteroatoms. The summed E-state index contributed by atoms with van der Waals surface area (Å²) in [6.45, 7) is 0. The molecule has 0 fully saturated rings. The summed E-state index contributed by atoms with van der Waals surface area (Å²) >= 11 is 5.29. The summed E-state index contributed by atoms with van der Waals surface area (Å²) in [4.78, 5) is 4.38. The van der Waals surface area contributed by atoms with Gasteiger partial charge in [-0.25, -0.2) is 0 Å². The molecule has 0 unspecified atom stereocenters. The molecule has 3 N–H and O–H groups in total. The number of ether oxygens (including phenoxy) is 1. The molecule has 0 radical (unpaired) electrons. The van der Waals surface area contributed by atoms with Crippen LogP contribution >= 0.6 is 12.2 Å². The van der Waals surface area contributed by atoms with Crippen molar-refractivity contribution in [1.29, 1.82) is 0 Å². The number of amidine groups is 1. The van der Waals surface area contributed by atoms with Gasteiger partial charge in [0.15, 0.2) is 0 Å². The molecule has 0 heterocycles. The average molecular weight is 371 g/mol. The van der Waals surface area contributed by atoms with Crippen molar-refractivity contribution >= 4 is 56.3 Å². The van der Waals surface area contributed by atoms with E-state index in [2.05, 4.69) is 10.3 Å². The van der Waals surface area contributed by atoms with Gasteiger partial charge in [-0.3, -0.25) is 0 Å². The third-order valence-corrected chi connectivity index (χ3v) is 4.41. The van der Waals surface area contributed by atoms with E-state index in [4.69, 9.17) is 22.7 Å². The third-order valence-electron chi connectivity index (χ3n) is 4.22. The van der Waals surface area contributed by atoms with Gasteiger partial charge in [0.1, 0.15) is 0 Å². The standard InChI is InChI=1S/C22H17N3OS/c23-21(24-19-13-5-9-15-7-1-3-11-17(15)19)26-22(27)25-20-14-6-10-16-8-2-4-12-18(16)20/h1-14H,(H2,23,24)(H,25,27). The molecule has 4 nitrogen and oxygen atoms in total. The van der Waals surface area contributed by atoms with E-state index >= 15 is 0 Å². The van der Waals surface area contributed by atoms with Crippen molar-refractivity contribution in [3.63, 3.8) is 0 Å². The number of nitrogens with one attached hydrogen (secondary N) is 1. The molecule has 0 aromatic heterocycles. The highest BCUT2D eigenvalue weighted by molar-refractivity contribution is 7.80. The number of anilines is 1.